The van der Waals surface area contributed by atoms with Crippen molar-refractivity contribution in [2.24, 2.45) is 5.92 Å². The molecule has 20 heavy (non-hydrogen) atoms. The molecule has 0 radical (unpaired) electrons. The minimum Gasteiger partial charge on any atom is -0.376 e. The van der Waals surface area contributed by atoms with Crippen LogP contribution in [-0.4, -0.2) is 19.3 Å². The highest BCUT2D eigenvalue weighted by atomic mass is 16.5. The van der Waals surface area contributed by atoms with E-state index in [1.165, 1.54) is 29.5 Å². The van der Waals surface area contributed by atoms with Gasteiger partial charge in [-0.1, -0.05) is 30.7 Å². The summed E-state index contributed by atoms with van der Waals surface area (Å²) in [6.07, 6.45) is 4.12. The normalized spacial score (nSPS) is 18.0. The molecule has 0 spiro atoms. The van der Waals surface area contributed by atoms with Gasteiger partial charge in [0.15, 0.2) is 0 Å². The summed E-state index contributed by atoms with van der Waals surface area (Å²) < 4.78 is 6.10. The summed E-state index contributed by atoms with van der Waals surface area (Å²) in [5, 5.41) is 3.73. The third-order valence-electron chi connectivity index (χ3n) is 4.15. The van der Waals surface area contributed by atoms with Crippen molar-refractivity contribution in [1.82, 2.24) is 5.32 Å². The Morgan fingerprint density at radius 2 is 2.00 bits per heavy atom. The Bertz CT molecular complexity index is 425. The molecule has 2 rings (SSSR count). The van der Waals surface area contributed by atoms with E-state index < -0.39 is 0 Å². The zero-order chi connectivity index (χ0) is 14.5. The second kappa shape index (κ2) is 7.24. The third-order valence-corrected chi connectivity index (χ3v) is 4.15. The van der Waals surface area contributed by atoms with Crippen molar-refractivity contribution in [3.63, 3.8) is 0 Å². The predicted molar refractivity (Wildman–Crippen MR) is 85.1 cm³/mol. The average Bonchev–Trinajstić information content (AvgIpc) is 3.23. The molecule has 1 saturated carbocycles. The van der Waals surface area contributed by atoms with E-state index in [9.17, 15) is 0 Å². The van der Waals surface area contributed by atoms with Gasteiger partial charge in [0.1, 0.15) is 0 Å². The van der Waals surface area contributed by atoms with E-state index in [1.54, 1.807) is 0 Å². The molecule has 1 fully saturated rings. The summed E-state index contributed by atoms with van der Waals surface area (Å²) in [7, 11) is 0. The lowest BCUT2D eigenvalue weighted by molar-refractivity contribution is 0.0184. The van der Waals surface area contributed by atoms with Crippen LogP contribution < -0.4 is 5.32 Å². The Morgan fingerprint density at radius 1 is 1.25 bits per heavy atom. The van der Waals surface area contributed by atoms with Gasteiger partial charge in [-0.15, -0.1) is 0 Å². The first-order valence-corrected chi connectivity index (χ1v) is 8.09. The van der Waals surface area contributed by atoms with E-state index in [-0.39, 0.29) is 0 Å². The zero-order valence-corrected chi connectivity index (χ0v) is 13.4. The van der Waals surface area contributed by atoms with Crippen LogP contribution >= 0.6 is 0 Å². The first-order chi connectivity index (χ1) is 9.67. The molecule has 0 bridgehead atoms. The van der Waals surface area contributed by atoms with E-state index in [0.29, 0.717) is 12.1 Å². The lowest BCUT2D eigenvalue weighted by atomic mass is 9.93. The molecule has 2 heteroatoms. The Balaban J connectivity index is 2.24. The quantitative estimate of drug-likeness (QED) is 0.769. The van der Waals surface area contributed by atoms with Gasteiger partial charge in [0, 0.05) is 6.61 Å². The van der Waals surface area contributed by atoms with Gasteiger partial charge in [0.2, 0.25) is 0 Å². The van der Waals surface area contributed by atoms with Gasteiger partial charge >= 0.3 is 0 Å². The molecule has 1 aromatic rings. The second-order valence-electron chi connectivity index (χ2n) is 6.05. The monoisotopic (exact) mass is 275 g/mol. The summed E-state index contributed by atoms with van der Waals surface area (Å²) >= 11 is 0. The van der Waals surface area contributed by atoms with Crippen LogP contribution in [0.15, 0.2) is 18.2 Å². The largest absolute Gasteiger partial charge is 0.376 e. The smallest absolute Gasteiger partial charge is 0.0797 e. The molecular formula is C18H29NO. The molecule has 1 aliphatic carbocycles. The van der Waals surface area contributed by atoms with Crippen molar-refractivity contribution in [3.8, 4) is 0 Å². The van der Waals surface area contributed by atoms with Gasteiger partial charge in [-0.2, -0.15) is 0 Å². The van der Waals surface area contributed by atoms with Crippen LogP contribution in [0, 0.1) is 19.8 Å². The second-order valence-corrected chi connectivity index (χ2v) is 6.05. The summed E-state index contributed by atoms with van der Waals surface area (Å²) in [4.78, 5) is 0. The van der Waals surface area contributed by atoms with Crippen LogP contribution in [0.4, 0.5) is 0 Å². The lowest BCUT2D eigenvalue weighted by Crippen LogP contribution is -2.36. The molecule has 1 aliphatic rings. The topological polar surface area (TPSA) is 21.3 Å². The van der Waals surface area contributed by atoms with Crippen LogP contribution in [0.5, 0.6) is 0 Å². The predicted octanol–water partition coefficient (Wildman–Crippen LogP) is 4.16. The van der Waals surface area contributed by atoms with E-state index >= 15 is 0 Å². The Labute approximate surface area is 123 Å². The van der Waals surface area contributed by atoms with Gasteiger partial charge in [-0.3, -0.25) is 0 Å². The highest BCUT2D eigenvalue weighted by Crippen LogP contribution is 2.40. The first-order valence-electron chi connectivity index (χ1n) is 8.09. The number of ether oxygens (including phenoxy) is 1. The molecule has 112 valence electrons. The minimum atomic E-state index is 0.327. The van der Waals surface area contributed by atoms with E-state index in [4.69, 9.17) is 4.74 Å². The van der Waals surface area contributed by atoms with E-state index in [1.807, 2.05) is 0 Å². The average molecular weight is 275 g/mol. The Morgan fingerprint density at radius 3 is 2.55 bits per heavy atom. The van der Waals surface area contributed by atoms with Crippen LogP contribution in [0.1, 0.15) is 55.8 Å². The fraction of sp³-hybridized carbons (Fsp3) is 0.667. The maximum Gasteiger partial charge on any atom is 0.0797 e. The first kappa shape index (κ1) is 15.5. The van der Waals surface area contributed by atoms with Crippen LogP contribution in [0.25, 0.3) is 0 Å². The maximum atomic E-state index is 6.10. The molecule has 1 N–H and O–H groups in total. The van der Waals surface area contributed by atoms with Crippen molar-refractivity contribution in [2.75, 3.05) is 13.2 Å². The molecule has 2 unspecified atom stereocenters. The summed E-state index contributed by atoms with van der Waals surface area (Å²) in [5.41, 5.74) is 4.12. The van der Waals surface area contributed by atoms with Crippen LogP contribution in [0.3, 0.4) is 0 Å². The molecule has 0 amide bonds. The fourth-order valence-electron chi connectivity index (χ4n) is 3.00. The zero-order valence-electron chi connectivity index (χ0n) is 13.4. The maximum absolute atomic E-state index is 6.10. The van der Waals surface area contributed by atoms with Crippen molar-refractivity contribution >= 4 is 0 Å². The number of benzene rings is 1. The van der Waals surface area contributed by atoms with E-state index in [2.05, 4.69) is 51.2 Å². The van der Waals surface area contributed by atoms with Gasteiger partial charge < -0.3 is 10.1 Å². The van der Waals surface area contributed by atoms with Gasteiger partial charge in [-0.25, -0.2) is 0 Å². The number of nitrogens with one attached hydrogen (secondary N) is 1. The highest BCUT2D eigenvalue weighted by molar-refractivity contribution is 5.33. The van der Waals surface area contributed by atoms with Gasteiger partial charge in [0.25, 0.3) is 0 Å². The van der Waals surface area contributed by atoms with E-state index in [0.717, 1.165) is 25.5 Å². The van der Waals surface area contributed by atoms with Crippen molar-refractivity contribution in [3.05, 3.63) is 34.9 Å². The lowest BCUT2D eigenvalue weighted by Gasteiger charge is -2.30. The molecule has 2 nitrogen and oxygen atoms in total. The standard InChI is InChI=1S/C18H29NO/c1-5-11-19-17(18(20-6-2)15-8-9-15)16-10-7-13(3)12-14(16)4/h7,10,12,15,17-19H,5-6,8-9,11H2,1-4H3. The Hall–Kier alpha value is -0.860. The molecule has 0 saturated heterocycles. The van der Waals surface area contributed by atoms with Crippen LogP contribution in [0.2, 0.25) is 0 Å². The molecular weight excluding hydrogens is 246 g/mol. The van der Waals surface area contributed by atoms with Crippen LogP contribution in [-0.2, 0) is 4.74 Å². The molecule has 0 aromatic heterocycles. The Kier molecular flexibility index (Phi) is 5.62. The number of hydrogen-bond donors (Lipinski definition) is 1. The number of rotatable bonds is 8. The number of hydrogen-bond acceptors (Lipinski definition) is 2. The minimum absolute atomic E-state index is 0.327. The van der Waals surface area contributed by atoms with Crippen molar-refractivity contribution < 1.29 is 4.74 Å². The summed E-state index contributed by atoms with van der Waals surface area (Å²) in [6, 6.07) is 7.12. The molecule has 2 atom stereocenters. The third kappa shape index (κ3) is 3.83. The molecule has 0 aliphatic heterocycles. The van der Waals surface area contributed by atoms with Crippen molar-refractivity contribution in [1.29, 1.82) is 0 Å². The fourth-order valence-corrected chi connectivity index (χ4v) is 3.00. The van der Waals surface area contributed by atoms with Gasteiger partial charge in [0.05, 0.1) is 12.1 Å². The summed E-state index contributed by atoms with van der Waals surface area (Å²) in [6.45, 7) is 10.6. The summed E-state index contributed by atoms with van der Waals surface area (Å²) in [5.74, 6) is 0.741. The van der Waals surface area contributed by atoms with Gasteiger partial charge in [-0.05, 0) is 63.6 Å². The number of aryl methyl sites for hydroxylation is 2. The molecule has 0 heterocycles. The molecule has 1 aromatic carbocycles. The highest BCUT2D eigenvalue weighted by Gasteiger charge is 2.38. The van der Waals surface area contributed by atoms with Crippen molar-refractivity contribution in [2.45, 2.75) is 59.1 Å². The SMILES string of the molecule is CCCNC(c1ccc(C)cc1C)C(OCC)C1CC1.